The molecule has 0 saturated carbocycles. The van der Waals surface area contributed by atoms with E-state index in [1.165, 1.54) is 12.1 Å². The van der Waals surface area contributed by atoms with E-state index in [4.69, 9.17) is 0 Å². The number of pyridine rings is 1. The van der Waals surface area contributed by atoms with Gasteiger partial charge in [-0.1, -0.05) is 0 Å². The van der Waals surface area contributed by atoms with Crippen LogP contribution in [0, 0.1) is 0 Å². The smallest absolute Gasteiger partial charge is 0.406 e. The summed E-state index contributed by atoms with van der Waals surface area (Å²) in [6, 6.07) is 8.64. The Bertz CT molecular complexity index is 1340. The van der Waals surface area contributed by atoms with Crippen LogP contribution in [0.5, 0.6) is 5.75 Å². The Morgan fingerprint density at radius 2 is 1.83 bits per heavy atom. The first kappa shape index (κ1) is 23.2. The first-order valence-electron chi connectivity index (χ1n) is 11.5. The summed E-state index contributed by atoms with van der Waals surface area (Å²) in [5.41, 5.74) is 1.46. The van der Waals surface area contributed by atoms with Gasteiger partial charge in [0.25, 0.3) is 11.1 Å². The molecule has 1 saturated heterocycles. The van der Waals surface area contributed by atoms with Crippen LogP contribution in [0.1, 0.15) is 30.4 Å². The van der Waals surface area contributed by atoms with Crippen LogP contribution in [-0.2, 0) is 19.4 Å². The van der Waals surface area contributed by atoms with Gasteiger partial charge in [0.2, 0.25) is 0 Å². The number of anilines is 2. The third-order valence-electron chi connectivity index (χ3n) is 6.32. The van der Waals surface area contributed by atoms with E-state index in [1.54, 1.807) is 22.9 Å². The largest absolute Gasteiger partial charge is 0.573 e. The topological polar surface area (TPSA) is 90.2 Å². The molecule has 8 nitrogen and oxygen atoms in total. The van der Waals surface area contributed by atoms with E-state index in [2.05, 4.69) is 20.5 Å². The van der Waals surface area contributed by atoms with Gasteiger partial charge >= 0.3 is 6.36 Å². The maximum absolute atomic E-state index is 13.1. The van der Waals surface area contributed by atoms with Crippen LogP contribution in [-0.4, -0.2) is 33.3 Å². The number of nitrogens with zero attached hydrogens (tertiary/aromatic N) is 3. The van der Waals surface area contributed by atoms with Gasteiger partial charge in [-0.25, -0.2) is 0 Å². The summed E-state index contributed by atoms with van der Waals surface area (Å²) in [6.07, 6.45) is 1.01. The number of rotatable bonds is 6. The minimum atomic E-state index is -4.81. The predicted molar refractivity (Wildman–Crippen MR) is 124 cm³/mol. The summed E-state index contributed by atoms with van der Waals surface area (Å²) in [4.78, 5) is 26.2. The summed E-state index contributed by atoms with van der Waals surface area (Å²) in [6.45, 7) is 1.50. The normalized spacial score (nSPS) is 17.4. The standard InChI is InChI=1S/C24H24F3N5O3/c25-24(26,27)35-17-10-8-16(9-11-17)32-22(33)19-6-1-5-18(19)21(30-32)29-20-7-3-13-31(23(20)34)14-15-4-2-12-28-15/h3,7-11,13,15,28H,1-2,4-6,12,14H2,(H,29,30). The molecule has 0 radical (unpaired) electrons. The molecular weight excluding hydrogens is 463 g/mol. The maximum atomic E-state index is 13.1. The Labute approximate surface area is 198 Å². The van der Waals surface area contributed by atoms with Crippen molar-refractivity contribution < 1.29 is 17.9 Å². The van der Waals surface area contributed by atoms with Gasteiger partial charge in [-0.05, 0) is 75.0 Å². The molecule has 2 aromatic heterocycles. The van der Waals surface area contributed by atoms with Crippen LogP contribution in [0.2, 0.25) is 0 Å². The first-order valence-corrected chi connectivity index (χ1v) is 11.5. The third kappa shape index (κ3) is 4.95. The molecule has 2 N–H and O–H groups in total. The Morgan fingerprint density at radius 1 is 1.06 bits per heavy atom. The summed E-state index contributed by atoms with van der Waals surface area (Å²) in [5, 5.41) is 11.0. The van der Waals surface area contributed by atoms with E-state index >= 15 is 0 Å². The van der Waals surface area contributed by atoms with Crippen molar-refractivity contribution in [2.75, 3.05) is 11.9 Å². The molecule has 5 rings (SSSR count). The van der Waals surface area contributed by atoms with Crippen LogP contribution < -0.4 is 26.5 Å². The summed E-state index contributed by atoms with van der Waals surface area (Å²) in [5.74, 6) is -0.00282. The van der Waals surface area contributed by atoms with Crippen molar-refractivity contribution in [2.45, 2.75) is 51.1 Å². The Hall–Kier alpha value is -3.60. The van der Waals surface area contributed by atoms with Crippen LogP contribution in [0.15, 0.2) is 52.2 Å². The number of halogens is 3. The van der Waals surface area contributed by atoms with Gasteiger partial charge in [0.1, 0.15) is 11.4 Å². The molecule has 1 unspecified atom stereocenters. The fourth-order valence-corrected chi connectivity index (χ4v) is 4.69. The number of benzene rings is 1. The lowest BCUT2D eigenvalue weighted by Crippen LogP contribution is -2.33. The molecule has 1 atom stereocenters. The highest BCUT2D eigenvalue weighted by Gasteiger charge is 2.31. The zero-order valence-electron chi connectivity index (χ0n) is 18.8. The zero-order chi connectivity index (χ0) is 24.6. The highest BCUT2D eigenvalue weighted by molar-refractivity contribution is 5.61. The van der Waals surface area contributed by atoms with Crippen LogP contribution in [0.4, 0.5) is 24.7 Å². The van der Waals surface area contributed by atoms with E-state index < -0.39 is 12.1 Å². The van der Waals surface area contributed by atoms with E-state index in [1.807, 2.05) is 0 Å². The summed E-state index contributed by atoms with van der Waals surface area (Å²) >= 11 is 0. The molecule has 1 aliphatic heterocycles. The molecule has 1 aromatic carbocycles. The molecule has 3 aromatic rings. The van der Waals surface area contributed by atoms with Crippen molar-refractivity contribution in [3.05, 3.63) is 74.4 Å². The molecule has 2 aliphatic rings. The van der Waals surface area contributed by atoms with Crippen molar-refractivity contribution in [1.29, 1.82) is 0 Å². The van der Waals surface area contributed by atoms with Gasteiger partial charge in [0.05, 0.1) is 5.69 Å². The highest BCUT2D eigenvalue weighted by atomic mass is 19.4. The molecule has 11 heteroatoms. The average Bonchev–Trinajstić information content (AvgIpc) is 3.50. The number of hydrogen-bond donors (Lipinski definition) is 2. The number of fused-ring (bicyclic) bond motifs is 1. The molecule has 0 spiro atoms. The molecular formula is C24H24F3N5O3. The van der Waals surface area contributed by atoms with Gasteiger partial charge in [-0.2, -0.15) is 4.68 Å². The van der Waals surface area contributed by atoms with E-state index in [-0.39, 0.29) is 17.2 Å². The molecule has 3 heterocycles. The van der Waals surface area contributed by atoms with Crippen LogP contribution >= 0.6 is 0 Å². The Morgan fingerprint density at radius 3 is 2.54 bits per heavy atom. The fourth-order valence-electron chi connectivity index (χ4n) is 4.69. The molecule has 0 amide bonds. The first-order chi connectivity index (χ1) is 16.8. The lowest BCUT2D eigenvalue weighted by Gasteiger charge is -2.16. The number of hydrogen-bond acceptors (Lipinski definition) is 6. The van der Waals surface area contributed by atoms with Crippen molar-refractivity contribution in [2.24, 2.45) is 0 Å². The van der Waals surface area contributed by atoms with Gasteiger partial charge in [-0.15, -0.1) is 18.3 Å². The van der Waals surface area contributed by atoms with Crippen molar-refractivity contribution in [3.63, 3.8) is 0 Å². The third-order valence-corrected chi connectivity index (χ3v) is 6.32. The predicted octanol–water partition coefficient (Wildman–Crippen LogP) is 3.28. The van der Waals surface area contributed by atoms with Crippen molar-refractivity contribution in [1.82, 2.24) is 19.7 Å². The van der Waals surface area contributed by atoms with E-state index in [9.17, 15) is 22.8 Å². The van der Waals surface area contributed by atoms with Crippen molar-refractivity contribution >= 4 is 11.5 Å². The lowest BCUT2D eigenvalue weighted by molar-refractivity contribution is -0.274. The van der Waals surface area contributed by atoms with Crippen molar-refractivity contribution in [3.8, 4) is 11.4 Å². The average molecular weight is 487 g/mol. The van der Waals surface area contributed by atoms with Gasteiger partial charge in [-0.3, -0.25) is 9.59 Å². The lowest BCUT2D eigenvalue weighted by atomic mass is 10.2. The summed E-state index contributed by atoms with van der Waals surface area (Å²) in [7, 11) is 0. The highest BCUT2D eigenvalue weighted by Crippen LogP contribution is 2.28. The van der Waals surface area contributed by atoms with E-state index in [0.29, 0.717) is 42.1 Å². The monoisotopic (exact) mass is 487 g/mol. The van der Waals surface area contributed by atoms with Gasteiger partial charge < -0.3 is 19.9 Å². The maximum Gasteiger partial charge on any atom is 0.573 e. The molecule has 1 fully saturated rings. The quantitative estimate of drug-likeness (QED) is 0.555. The second-order valence-electron chi connectivity index (χ2n) is 8.72. The van der Waals surface area contributed by atoms with Gasteiger partial charge in [0, 0.05) is 29.9 Å². The second kappa shape index (κ2) is 9.21. The minimum Gasteiger partial charge on any atom is -0.406 e. The zero-order valence-corrected chi connectivity index (χ0v) is 18.8. The number of aromatic nitrogens is 3. The van der Waals surface area contributed by atoms with Gasteiger partial charge in [0.15, 0.2) is 5.82 Å². The van der Waals surface area contributed by atoms with Crippen LogP contribution in [0.25, 0.3) is 5.69 Å². The Kier molecular flexibility index (Phi) is 6.10. The fraction of sp³-hybridized carbons (Fsp3) is 0.375. The molecule has 184 valence electrons. The number of ether oxygens (including phenoxy) is 1. The van der Waals surface area contributed by atoms with E-state index in [0.717, 1.165) is 48.2 Å². The molecule has 0 bridgehead atoms. The number of alkyl halides is 3. The number of nitrogens with one attached hydrogen (secondary N) is 2. The second-order valence-corrected chi connectivity index (χ2v) is 8.72. The summed E-state index contributed by atoms with van der Waals surface area (Å²) < 4.78 is 44.2. The van der Waals surface area contributed by atoms with Crippen LogP contribution in [0.3, 0.4) is 0 Å². The SMILES string of the molecule is O=c1c(Nc2nn(-c3ccc(OC(F)(F)F)cc3)c(=O)c3c2CCC3)cccn1CC1CCCN1. The molecule has 1 aliphatic carbocycles. The Balaban J connectivity index is 1.48. The minimum absolute atomic E-state index is 0.193. The molecule has 35 heavy (non-hydrogen) atoms.